The number of aromatic nitrogens is 2. The molecule has 2 heterocycles. The van der Waals surface area contributed by atoms with Crippen molar-refractivity contribution in [2.75, 3.05) is 34.4 Å². The van der Waals surface area contributed by atoms with Crippen molar-refractivity contribution < 1.29 is 19.1 Å². The monoisotopic (exact) mass is 308 g/mol. The van der Waals surface area contributed by atoms with Crippen molar-refractivity contribution in [1.29, 1.82) is 0 Å². The fourth-order valence-corrected chi connectivity index (χ4v) is 2.79. The molecule has 2 rings (SSSR count). The van der Waals surface area contributed by atoms with Gasteiger partial charge in [-0.2, -0.15) is 0 Å². The third-order valence-electron chi connectivity index (χ3n) is 3.81. The van der Waals surface area contributed by atoms with E-state index >= 15 is 0 Å². The summed E-state index contributed by atoms with van der Waals surface area (Å²) in [5.74, 6) is -0.345. The largest absolute Gasteiger partial charge is 0.480 e. The molecule has 1 aliphatic heterocycles. The average molecular weight is 308 g/mol. The summed E-state index contributed by atoms with van der Waals surface area (Å²) in [6, 6.07) is 0. The third kappa shape index (κ3) is 2.74. The summed E-state index contributed by atoms with van der Waals surface area (Å²) in [5, 5.41) is 2.62. The number of nitrogens with one attached hydrogen (secondary N) is 1. The highest BCUT2D eigenvalue weighted by Crippen LogP contribution is 2.31. The van der Waals surface area contributed by atoms with Crippen LogP contribution in [0.15, 0.2) is 12.4 Å². The van der Waals surface area contributed by atoms with E-state index in [9.17, 15) is 9.59 Å². The van der Waals surface area contributed by atoms with Gasteiger partial charge in [0.2, 0.25) is 11.8 Å². The van der Waals surface area contributed by atoms with Crippen LogP contribution in [0, 0.1) is 0 Å². The van der Waals surface area contributed by atoms with Crippen molar-refractivity contribution in [3.63, 3.8) is 0 Å². The van der Waals surface area contributed by atoms with Crippen molar-refractivity contribution in [2.45, 2.75) is 18.4 Å². The number of likely N-dealkylation sites (tertiary alicyclic amines) is 1. The minimum Gasteiger partial charge on any atom is -0.480 e. The van der Waals surface area contributed by atoms with E-state index in [0.29, 0.717) is 13.0 Å². The van der Waals surface area contributed by atoms with Crippen LogP contribution >= 0.6 is 0 Å². The lowest BCUT2D eigenvalue weighted by Crippen LogP contribution is -2.59. The van der Waals surface area contributed by atoms with Crippen LogP contribution in [0.3, 0.4) is 0 Å². The second kappa shape index (κ2) is 6.69. The fourth-order valence-electron chi connectivity index (χ4n) is 2.79. The maximum absolute atomic E-state index is 12.8. The Morgan fingerprint density at radius 2 is 2.18 bits per heavy atom. The first kappa shape index (κ1) is 16.2. The van der Waals surface area contributed by atoms with E-state index in [-0.39, 0.29) is 30.0 Å². The zero-order chi connectivity index (χ0) is 16.2. The maximum Gasteiger partial charge on any atom is 0.275 e. The lowest BCUT2D eigenvalue weighted by Gasteiger charge is -2.35. The molecule has 1 aromatic heterocycles. The zero-order valence-electron chi connectivity index (χ0n) is 13.0. The van der Waals surface area contributed by atoms with E-state index in [0.717, 1.165) is 6.42 Å². The van der Waals surface area contributed by atoms with E-state index in [4.69, 9.17) is 9.47 Å². The molecule has 1 saturated heterocycles. The molecular weight excluding hydrogens is 288 g/mol. The van der Waals surface area contributed by atoms with Crippen molar-refractivity contribution in [1.82, 2.24) is 20.2 Å². The van der Waals surface area contributed by atoms with Crippen molar-refractivity contribution in [2.24, 2.45) is 0 Å². The molecule has 0 bridgehead atoms. The van der Waals surface area contributed by atoms with Gasteiger partial charge in [-0.05, 0) is 12.8 Å². The van der Waals surface area contributed by atoms with Crippen LogP contribution in [0.2, 0.25) is 0 Å². The number of nitrogens with zero attached hydrogens (tertiary/aromatic N) is 3. The normalized spacial score (nSPS) is 20.8. The Morgan fingerprint density at radius 1 is 1.41 bits per heavy atom. The van der Waals surface area contributed by atoms with E-state index in [1.165, 1.54) is 31.5 Å². The van der Waals surface area contributed by atoms with E-state index in [2.05, 4.69) is 15.3 Å². The molecule has 0 aromatic carbocycles. The molecule has 1 aromatic rings. The molecule has 120 valence electrons. The number of methoxy groups -OCH3 is 2. The van der Waals surface area contributed by atoms with Crippen LogP contribution in [0.4, 0.5) is 0 Å². The fraction of sp³-hybridized carbons (Fsp3) is 0.571. The number of amides is 2. The minimum absolute atomic E-state index is 0.135. The number of hydrogen-bond acceptors (Lipinski definition) is 6. The first-order chi connectivity index (χ1) is 10.6. The van der Waals surface area contributed by atoms with Gasteiger partial charge in [-0.1, -0.05) is 0 Å². The van der Waals surface area contributed by atoms with Crippen LogP contribution in [0.25, 0.3) is 0 Å². The molecule has 2 amide bonds. The Balaban J connectivity index is 2.35. The number of rotatable bonds is 5. The second-order valence-corrected chi connectivity index (χ2v) is 5.05. The van der Waals surface area contributed by atoms with Crippen LogP contribution < -0.4 is 10.1 Å². The summed E-state index contributed by atoms with van der Waals surface area (Å²) in [5.41, 5.74) is -0.864. The lowest BCUT2D eigenvalue weighted by molar-refractivity contribution is -0.133. The van der Waals surface area contributed by atoms with Gasteiger partial charge < -0.3 is 19.7 Å². The molecule has 1 atom stereocenters. The van der Waals surface area contributed by atoms with Crippen LogP contribution in [0.1, 0.15) is 23.3 Å². The molecule has 1 unspecified atom stereocenters. The summed E-state index contributed by atoms with van der Waals surface area (Å²) in [7, 11) is 4.51. The summed E-state index contributed by atoms with van der Waals surface area (Å²) >= 11 is 0. The number of likely N-dealkylation sites (N-methyl/N-ethyl adjacent to an activating group) is 1. The average Bonchev–Trinajstić information content (AvgIpc) is 2.98. The summed E-state index contributed by atoms with van der Waals surface area (Å²) in [6.45, 7) is 0.602. The Labute approximate surface area is 128 Å². The number of ether oxygens (including phenoxy) is 2. The predicted molar refractivity (Wildman–Crippen MR) is 77.5 cm³/mol. The molecule has 1 N–H and O–H groups in total. The lowest BCUT2D eigenvalue weighted by atomic mass is 9.95. The van der Waals surface area contributed by atoms with Gasteiger partial charge >= 0.3 is 0 Å². The van der Waals surface area contributed by atoms with Gasteiger partial charge in [-0.15, -0.1) is 0 Å². The molecule has 8 heteroatoms. The molecule has 0 aliphatic carbocycles. The van der Waals surface area contributed by atoms with Gasteiger partial charge in [-0.3, -0.25) is 14.6 Å². The van der Waals surface area contributed by atoms with E-state index < -0.39 is 5.54 Å². The SMILES string of the molecule is CNC(=O)C1(COC)CCCN1C(=O)c1cncc(OC)n1. The van der Waals surface area contributed by atoms with E-state index in [1.807, 2.05) is 0 Å². The quantitative estimate of drug-likeness (QED) is 0.813. The van der Waals surface area contributed by atoms with Crippen molar-refractivity contribution >= 4 is 11.8 Å². The summed E-state index contributed by atoms with van der Waals surface area (Å²) in [4.78, 5) is 34.7. The molecule has 1 aliphatic rings. The van der Waals surface area contributed by atoms with Gasteiger partial charge in [0.15, 0.2) is 5.69 Å². The smallest absolute Gasteiger partial charge is 0.275 e. The molecule has 0 radical (unpaired) electrons. The third-order valence-corrected chi connectivity index (χ3v) is 3.81. The number of carbonyl (C=O) groups excluding carboxylic acids is 2. The van der Waals surface area contributed by atoms with Crippen molar-refractivity contribution in [3.05, 3.63) is 18.1 Å². The summed E-state index contributed by atoms with van der Waals surface area (Å²) < 4.78 is 10.2. The van der Waals surface area contributed by atoms with Gasteiger partial charge in [-0.25, -0.2) is 4.98 Å². The van der Waals surface area contributed by atoms with Crippen LogP contribution in [-0.4, -0.2) is 66.6 Å². The van der Waals surface area contributed by atoms with Crippen molar-refractivity contribution in [3.8, 4) is 5.88 Å². The molecule has 22 heavy (non-hydrogen) atoms. The number of hydrogen-bond donors (Lipinski definition) is 1. The first-order valence-corrected chi connectivity index (χ1v) is 6.98. The molecule has 8 nitrogen and oxygen atoms in total. The van der Waals surface area contributed by atoms with Gasteiger partial charge in [0.05, 0.1) is 26.1 Å². The standard InChI is InChI=1S/C14H20N4O4/c1-15-13(20)14(9-21-2)5-4-6-18(14)12(19)10-7-16-8-11(17-10)22-3/h7-8H,4-6,9H2,1-3H3,(H,15,20). The van der Waals surface area contributed by atoms with Crippen LogP contribution in [-0.2, 0) is 9.53 Å². The maximum atomic E-state index is 12.8. The Hall–Kier alpha value is -2.22. The number of carbonyl (C=O) groups is 2. The minimum atomic E-state index is -1.01. The molecule has 1 fully saturated rings. The van der Waals surface area contributed by atoms with E-state index in [1.54, 1.807) is 7.05 Å². The topological polar surface area (TPSA) is 93.7 Å². The highest BCUT2D eigenvalue weighted by Gasteiger charge is 2.50. The Kier molecular flexibility index (Phi) is 4.92. The highest BCUT2D eigenvalue weighted by atomic mass is 16.5. The van der Waals surface area contributed by atoms with Crippen LogP contribution in [0.5, 0.6) is 5.88 Å². The molecule has 0 saturated carbocycles. The zero-order valence-corrected chi connectivity index (χ0v) is 13.0. The molecular formula is C14H20N4O4. The van der Waals surface area contributed by atoms with Gasteiger partial charge in [0.25, 0.3) is 5.91 Å². The predicted octanol–water partition coefficient (Wildman–Crippen LogP) is -0.148. The second-order valence-electron chi connectivity index (χ2n) is 5.05. The Morgan fingerprint density at radius 3 is 2.82 bits per heavy atom. The Bertz CT molecular complexity index is 566. The summed E-state index contributed by atoms with van der Waals surface area (Å²) in [6.07, 6.45) is 4.05. The van der Waals surface area contributed by atoms with Gasteiger partial charge in [0, 0.05) is 20.7 Å². The first-order valence-electron chi connectivity index (χ1n) is 6.98. The molecule has 0 spiro atoms. The van der Waals surface area contributed by atoms with Gasteiger partial charge in [0.1, 0.15) is 5.54 Å². The highest BCUT2D eigenvalue weighted by molar-refractivity contribution is 5.98.